The molecule has 1 aromatic heterocycles. The van der Waals surface area contributed by atoms with Crippen LogP contribution in [0.2, 0.25) is 0 Å². The molecule has 0 aromatic carbocycles. The van der Waals surface area contributed by atoms with E-state index in [2.05, 4.69) is 39.9 Å². The van der Waals surface area contributed by atoms with E-state index < -0.39 is 0 Å². The number of nitriles is 1. The maximum atomic E-state index is 9.11. The summed E-state index contributed by atoms with van der Waals surface area (Å²) in [5, 5.41) is 9.11. The van der Waals surface area contributed by atoms with Crippen LogP contribution in [0.3, 0.4) is 0 Å². The first-order valence-electron chi connectivity index (χ1n) is 6.39. The predicted molar refractivity (Wildman–Crippen MR) is 71.8 cm³/mol. The van der Waals surface area contributed by atoms with Crippen LogP contribution in [0.15, 0.2) is 12.4 Å². The fourth-order valence-corrected chi connectivity index (χ4v) is 2.34. The highest BCUT2D eigenvalue weighted by molar-refractivity contribution is 5.49. The largest absolute Gasteiger partial charge is 0.379 e. The number of ether oxygens (including phenoxy) is 1. The summed E-state index contributed by atoms with van der Waals surface area (Å²) < 4.78 is 5.63. The molecule has 1 atom stereocenters. The molecule has 1 fully saturated rings. The number of anilines is 1. The number of nitrogens with zero attached hydrogens (tertiary/aromatic N) is 5. The van der Waals surface area contributed by atoms with Gasteiger partial charge >= 0.3 is 0 Å². The normalized spacial score (nSPS) is 20.1. The summed E-state index contributed by atoms with van der Waals surface area (Å²) in [6, 6.07) is 2.10. The van der Waals surface area contributed by atoms with Gasteiger partial charge in [0.15, 0.2) is 11.5 Å². The molecule has 0 spiro atoms. The number of aromatic nitrogens is 2. The Morgan fingerprint density at radius 2 is 2.26 bits per heavy atom. The minimum absolute atomic E-state index is 0.382. The van der Waals surface area contributed by atoms with Crippen LogP contribution in [0.4, 0.5) is 5.82 Å². The Hall–Kier alpha value is -1.71. The molecule has 1 aliphatic heterocycles. The second-order valence-electron chi connectivity index (χ2n) is 4.99. The first-order valence-corrected chi connectivity index (χ1v) is 6.39. The van der Waals surface area contributed by atoms with E-state index in [1.54, 1.807) is 12.4 Å². The Kier molecular flexibility index (Phi) is 4.66. The third-order valence-corrected chi connectivity index (χ3v) is 3.05. The fraction of sp³-hybridized carbons (Fsp3) is 0.615. The molecule has 1 aliphatic rings. The molecule has 19 heavy (non-hydrogen) atoms. The van der Waals surface area contributed by atoms with Crippen molar-refractivity contribution in [2.45, 2.75) is 0 Å². The van der Waals surface area contributed by atoms with E-state index in [9.17, 15) is 0 Å². The van der Waals surface area contributed by atoms with Gasteiger partial charge in [0.25, 0.3) is 0 Å². The standard InChI is InChI=1S/C13H19N5O/c1-17(2)8-11-9-18(5-6-19-10-11)13-12(7-14)15-3-4-16-13/h3-4,11H,5-6,8-10H2,1-2H3/t11-/m1/s1. The van der Waals surface area contributed by atoms with E-state index in [1.165, 1.54) is 0 Å². The highest BCUT2D eigenvalue weighted by atomic mass is 16.5. The molecule has 0 unspecified atom stereocenters. The maximum Gasteiger partial charge on any atom is 0.183 e. The van der Waals surface area contributed by atoms with E-state index in [0.717, 1.165) is 26.2 Å². The Balaban J connectivity index is 2.16. The second-order valence-corrected chi connectivity index (χ2v) is 4.99. The van der Waals surface area contributed by atoms with Gasteiger partial charge in [-0.3, -0.25) is 0 Å². The number of hydrogen-bond acceptors (Lipinski definition) is 6. The van der Waals surface area contributed by atoms with E-state index in [-0.39, 0.29) is 0 Å². The number of rotatable bonds is 3. The lowest BCUT2D eigenvalue weighted by Crippen LogP contribution is -2.35. The van der Waals surface area contributed by atoms with Gasteiger partial charge in [0.1, 0.15) is 6.07 Å². The summed E-state index contributed by atoms with van der Waals surface area (Å²) in [4.78, 5) is 12.6. The topological polar surface area (TPSA) is 65.3 Å². The molecule has 2 heterocycles. The van der Waals surface area contributed by atoms with Crippen molar-refractivity contribution in [1.29, 1.82) is 5.26 Å². The van der Waals surface area contributed by atoms with Crippen molar-refractivity contribution in [3.63, 3.8) is 0 Å². The van der Waals surface area contributed by atoms with Crippen molar-refractivity contribution in [3.8, 4) is 6.07 Å². The van der Waals surface area contributed by atoms with Crippen LogP contribution in [-0.4, -0.2) is 61.8 Å². The van der Waals surface area contributed by atoms with Crippen LogP contribution in [0, 0.1) is 17.2 Å². The third-order valence-electron chi connectivity index (χ3n) is 3.05. The minimum Gasteiger partial charge on any atom is -0.379 e. The summed E-state index contributed by atoms with van der Waals surface area (Å²) in [5.74, 6) is 1.07. The molecule has 6 nitrogen and oxygen atoms in total. The zero-order chi connectivity index (χ0) is 13.7. The average Bonchev–Trinajstić information content (AvgIpc) is 2.63. The lowest BCUT2D eigenvalue weighted by atomic mass is 10.1. The Morgan fingerprint density at radius 1 is 1.47 bits per heavy atom. The van der Waals surface area contributed by atoms with Gasteiger partial charge in [0.2, 0.25) is 0 Å². The lowest BCUT2D eigenvalue weighted by molar-refractivity contribution is 0.113. The molecule has 1 saturated heterocycles. The Morgan fingerprint density at radius 3 is 3.00 bits per heavy atom. The third kappa shape index (κ3) is 3.63. The molecule has 102 valence electrons. The zero-order valence-electron chi connectivity index (χ0n) is 11.4. The van der Waals surface area contributed by atoms with E-state index >= 15 is 0 Å². The Labute approximate surface area is 113 Å². The molecular formula is C13H19N5O. The molecule has 0 saturated carbocycles. The molecule has 1 aromatic rings. The second kappa shape index (κ2) is 6.45. The first kappa shape index (κ1) is 13.7. The fourth-order valence-electron chi connectivity index (χ4n) is 2.34. The van der Waals surface area contributed by atoms with Gasteiger partial charge in [0.05, 0.1) is 13.2 Å². The van der Waals surface area contributed by atoms with Gasteiger partial charge in [-0.1, -0.05) is 0 Å². The lowest BCUT2D eigenvalue weighted by Gasteiger charge is -2.26. The Bertz CT molecular complexity index is 457. The summed E-state index contributed by atoms with van der Waals surface area (Å²) in [5.41, 5.74) is 0.382. The van der Waals surface area contributed by atoms with Crippen molar-refractivity contribution in [2.75, 3.05) is 51.8 Å². The van der Waals surface area contributed by atoms with Gasteiger partial charge in [0, 0.05) is 37.9 Å². The van der Waals surface area contributed by atoms with Crippen molar-refractivity contribution < 1.29 is 4.74 Å². The summed E-state index contributed by atoms with van der Waals surface area (Å²) in [7, 11) is 4.11. The van der Waals surface area contributed by atoms with Crippen LogP contribution in [0.1, 0.15) is 5.69 Å². The molecule has 0 N–H and O–H groups in total. The number of hydrogen-bond donors (Lipinski definition) is 0. The van der Waals surface area contributed by atoms with Gasteiger partial charge in [-0.2, -0.15) is 5.26 Å². The van der Waals surface area contributed by atoms with E-state index in [4.69, 9.17) is 10.00 Å². The molecule has 0 bridgehead atoms. The van der Waals surface area contributed by atoms with Gasteiger partial charge in [-0.15, -0.1) is 0 Å². The van der Waals surface area contributed by atoms with Crippen molar-refractivity contribution in [2.24, 2.45) is 5.92 Å². The van der Waals surface area contributed by atoms with E-state index in [1.807, 2.05) is 0 Å². The molecule has 0 radical (unpaired) electrons. The summed E-state index contributed by atoms with van der Waals surface area (Å²) in [6.45, 7) is 3.95. The quantitative estimate of drug-likeness (QED) is 0.783. The van der Waals surface area contributed by atoms with Gasteiger partial charge in [-0.05, 0) is 14.1 Å². The molecule has 2 rings (SSSR count). The summed E-state index contributed by atoms with van der Waals surface area (Å²) in [6.07, 6.45) is 3.18. The van der Waals surface area contributed by atoms with Gasteiger partial charge in [-0.25, -0.2) is 9.97 Å². The first-order chi connectivity index (χ1) is 9.20. The monoisotopic (exact) mass is 261 g/mol. The van der Waals surface area contributed by atoms with Crippen molar-refractivity contribution in [3.05, 3.63) is 18.1 Å². The van der Waals surface area contributed by atoms with Crippen LogP contribution in [0.5, 0.6) is 0 Å². The van der Waals surface area contributed by atoms with Gasteiger partial charge < -0.3 is 14.5 Å². The molecule has 0 amide bonds. The zero-order valence-corrected chi connectivity index (χ0v) is 11.4. The maximum absolute atomic E-state index is 9.11. The van der Waals surface area contributed by atoms with Crippen LogP contribution in [-0.2, 0) is 4.74 Å². The van der Waals surface area contributed by atoms with E-state index in [0.29, 0.717) is 24.0 Å². The predicted octanol–water partition coefficient (Wildman–Crippen LogP) is 0.363. The van der Waals surface area contributed by atoms with Crippen molar-refractivity contribution >= 4 is 5.82 Å². The van der Waals surface area contributed by atoms with Crippen LogP contribution < -0.4 is 4.90 Å². The smallest absolute Gasteiger partial charge is 0.183 e. The highest BCUT2D eigenvalue weighted by Crippen LogP contribution is 2.18. The molecule has 6 heteroatoms. The average molecular weight is 261 g/mol. The molecular weight excluding hydrogens is 242 g/mol. The minimum atomic E-state index is 0.382. The van der Waals surface area contributed by atoms with Crippen LogP contribution >= 0.6 is 0 Å². The van der Waals surface area contributed by atoms with Crippen LogP contribution in [0.25, 0.3) is 0 Å². The summed E-state index contributed by atoms with van der Waals surface area (Å²) >= 11 is 0. The van der Waals surface area contributed by atoms with Crippen molar-refractivity contribution in [1.82, 2.24) is 14.9 Å². The molecule has 0 aliphatic carbocycles. The highest BCUT2D eigenvalue weighted by Gasteiger charge is 2.22. The SMILES string of the molecule is CN(C)C[C@H]1COCCN(c2nccnc2C#N)C1.